The summed E-state index contributed by atoms with van der Waals surface area (Å²) in [7, 11) is 0. The minimum atomic E-state index is -0.0124. The van der Waals surface area contributed by atoms with E-state index in [1.54, 1.807) is 0 Å². The Morgan fingerprint density at radius 2 is 1.52 bits per heavy atom. The zero-order valence-electron chi connectivity index (χ0n) is 16.0. The van der Waals surface area contributed by atoms with E-state index in [1.807, 2.05) is 69.3 Å². The van der Waals surface area contributed by atoms with Crippen LogP contribution < -0.4 is 14.8 Å². The number of carbonyl (C=O) groups is 1. The standard InChI is InChI=1S/C23H25NO3/c1-4-23(25)24-16(3)17-6-7-19-15-22(9-8-18(19)14-17)27-21-12-10-20(11-13-21)26-5-2/h6-16H,4-5H2,1-3H3,(H,24,25). The quantitative estimate of drug-likeness (QED) is 0.593. The van der Waals surface area contributed by atoms with Crippen LogP contribution in [0.5, 0.6) is 17.2 Å². The zero-order valence-corrected chi connectivity index (χ0v) is 16.0. The topological polar surface area (TPSA) is 47.6 Å². The van der Waals surface area contributed by atoms with E-state index in [2.05, 4.69) is 17.4 Å². The van der Waals surface area contributed by atoms with Crippen LogP contribution in [-0.4, -0.2) is 12.5 Å². The van der Waals surface area contributed by atoms with Crippen molar-refractivity contribution in [2.75, 3.05) is 6.61 Å². The number of benzene rings is 3. The van der Waals surface area contributed by atoms with Crippen molar-refractivity contribution in [2.45, 2.75) is 33.2 Å². The lowest BCUT2D eigenvalue weighted by molar-refractivity contribution is -0.121. The lowest BCUT2D eigenvalue weighted by atomic mass is 10.0. The molecule has 0 saturated heterocycles. The average Bonchev–Trinajstić information content (AvgIpc) is 2.69. The van der Waals surface area contributed by atoms with Crippen molar-refractivity contribution in [3.8, 4) is 17.2 Å². The minimum absolute atomic E-state index is 0.0124. The summed E-state index contributed by atoms with van der Waals surface area (Å²) in [5.41, 5.74) is 1.09. The van der Waals surface area contributed by atoms with Gasteiger partial charge in [0.1, 0.15) is 17.2 Å². The van der Waals surface area contributed by atoms with Crippen LogP contribution in [0.4, 0.5) is 0 Å². The van der Waals surface area contributed by atoms with Crippen molar-refractivity contribution in [2.24, 2.45) is 0 Å². The van der Waals surface area contributed by atoms with Gasteiger partial charge in [0.05, 0.1) is 12.6 Å². The van der Waals surface area contributed by atoms with Gasteiger partial charge in [-0.05, 0) is 72.6 Å². The molecule has 4 heteroatoms. The lowest BCUT2D eigenvalue weighted by Gasteiger charge is -2.15. The van der Waals surface area contributed by atoms with Crippen molar-refractivity contribution in [3.63, 3.8) is 0 Å². The Balaban J connectivity index is 1.75. The maximum absolute atomic E-state index is 11.6. The minimum Gasteiger partial charge on any atom is -0.494 e. The van der Waals surface area contributed by atoms with Crippen LogP contribution in [-0.2, 0) is 4.79 Å². The molecular formula is C23H25NO3. The van der Waals surface area contributed by atoms with Gasteiger partial charge in [-0.25, -0.2) is 0 Å². The molecule has 0 radical (unpaired) electrons. The number of hydrogen-bond donors (Lipinski definition) is 1. The third-order valence-corrected chi connectivity index (χ3v) is 4.40. The van der Waals surface area contributed by atoms with Gasteiger partial charge in [0.25, 0.3) is 0 Å². The van der Waals surface area contributed by atoms with Gasteiger partial charge in [-0.15, -0.1) is 0 Å². The first-order chi connectivity index (χ1) is 13.1. The van der Waals surface area contributed by atoms with E-state index in [1.165, 1.54) is 0 Å². The highest BCUT2D eigenvalue weighted by Gasteiger charge is 2.09. The molecule has 0 saturated carbocycles. The Morgan fingerprint density at radius 3 is 2.22 bits per heavy atom. The Labute approximate surface area is 160 Å². The molecule has 1 N–H and O–H groups in total. The molecule has 27 heavy (non-hydrogen) atoms. The van der Waals surface area contributed by atoms with Crippen molar-refractivity contribution < 1.29 is 14.3 Å². The number of amides is 1. The van der Waals surface area contributed by atoms with Gasteiger partial charge < -0.3 is 14.8 Å². The molecule has 0 heterocycles. The molecule has 0 aromatic heterocycles. The fourth-order valence-corrected chi connectivity index (χ4v) is 2.91. The average molecular weight is 363 g/mol. The largest absolute Gasteiger partial charge is 0.494 e. The van der Waals surface area contributed by atoms with Gasteiger partial charge in [0.2, 0.25) is 5.91 Å². The predicted octanol–water partition coefficient (Wildman–Crippen LogP) is 5.62. The zero-order chi connectivity index (χ0) is 19.2. The molecule has 3 aromatic rings. The van der Waals surface area contributed by atoms with Crippen LogP contribution in [0.1, 0.15) is 38.8 Å². The summed E-state index contributed by atoms with van der Waals surface area (Å²) in [6, 6.07) is 19.8. The van der Waals surface area contributed by atoms with E-state index in [4.69, 9.17) is 9.47 Å². The second kappa shape index (κ2) is 8.58. The first kappa shape index (κ1) is 18.8. The Kier molecular flexibility index (Phi) is 5.97. The summed E-state index contributed by atoms with van der Waals surface area (Å²) < 4.78 is 11.4. The normalized spacial score (nSPS) is 11.8. The molecule has 0 bridgehead atoms. The molecule has 3 aromatic carbocycles. The van der Waals surface area contributed by atoms with Crippen LogP contribution in [0, 0.1) is 0 Å². The highest BCUT2D eigenvalue weighted by atomic mass is 16.5. The van der Waals surface area contributed by atoms with Gasteiger partial charge in [0, 0.05) is 6.42 Å². The van der Waals surface area contributed by atoms with Gasteiger partial charge in [-0.3, -0.25) is 4.79 Å². The summed E-state index contributed by atoms with van der Waals surface area (Å²) in [5.74, 6) is 2.44. The number of ether oxygens (including phenoxy) is 2. The summed E-state index contributed by atoms with van der Waals surface area (Å²) in [6.45, 7) is 6.46. The van der Waals surface area contributed by atoms with E-state index in [9.17, 15) is 4.79 Å². The maximum Gasteiger partial charge on any atom is 0.220 e. The molecule has 1 unspecified atom stereocenters. The maximum atomic E-state index is 11.6. The number of nitrogens with one attached hydrogen (secondary N) is 1. The monoisotopic (exact) mass is 363 g/mol. The predicted molar refractivity (Wildman–Crippen MR) is 108 cm³/mol. The molecule has 1 amide bonds. The van der Waals surface area contributed by atoms with Crippen LogP contribution in [0.3, 0.4) is 0 Å². The first-order valence-electron chi connectivity index (χ1n) is 9.33. The van der Waals surface area contributed by atoms with E-state index in [-0.39, 0.29) is 11.9 Å². The molecular weight excluding hydrogens is 338 g/mol. The highest BCUT2D eigenvalue weighted by Crippen LogP contribution is 2.28. The van der Waals surface area contributed by atoms with Crippen molar-refractivity contribution in [3.05, 3.63) is 66.2 Å². The Bertz CT molecular complexity index is 919. The van der Waals surface area contributed by atoms with Gasteiger partial charge in [0.15, 0.2) is 0 Å². The second-order valence-electron chi connectivity index (χ2n) is 6.42. The highest BCUT2D eigenvalue weighted by molar-refractivity contribution is 5.85. The molecule has 0 aliphatic heterocycles. The number of fused-ring (bicyclic) bond motifs is 1. The number of carbonyl (C=O) groups excluding carboxylic acids is 1. The SMILES string of the molecule is CCOc1ccc(Oc2ccc3cc(C(C)NC(=O)CC)ccc3c2)cc1. The third-order valence-electron chi connectivity index (χ3n) is 4.40. The van der Waals surface area contributed by atoms with Crippen molar-refractivity contribution >= 4 is 16.7 Å². The smallest absolute Gasteiger partial charge is 0.220 e. The fourth-order valence-electron chi connectivity index (χ4n) is 2.91. The first-order valence-corrected chi connectivity index (χ1v) is 9.33. The number of rotatable bonds is 7. The molecule has 3 rings (SSSR count). The molecule has 0 aliphatic carbocycles. The van der Waals surface area contributed by atoms with Gasteiger partial charge >= 0.3 is 0 Å². The molecule has 1 atom stereocenters. The molecule has 0 spiro atoms. The van der Waals surface area contributed by atoms with E-state index >= 15 is 0 Å². The van der Waals surface area contributed by atoms with Crippen LogP contribution in [0.2, 0.25) is 0 Å². The molecule has 4 nitrogen and oxygen atoms in total. The molecule has 0 fully saturated rings. The molecule has 140 valence electrons. The Hall–Kier alpha value is -3.01. The fraction of sp³-hybridized carbons (Fsp3) is 0.261. The van der Waals surface area contributed by atoms with Gasteiger partial charge in [-0.2, -0.15) is 0 Å². The third kappa shape index (κ3) is 4.79. The summed E-state index contributed by atoms with van der Waals surface area (Å²) in [4.78, 5) is 11.6. The van der Waals surface area contributed by atoms with Crippen molar-refractivity contribution in [1.82, 2.24) is 5.32 Å². The van der Waals surface area contributed by atoms with Crippen LogP contribution >= 0.6 is 0 Å². The van der Waals surface area contributed by atoms with E-state index < -0.39 is 0 Å². The van der Waals surface area contributed by atoms with Crippen LogP contribution in [0.25, 0.3) is 10.8 Å². The lowest BCUT2D eigenvalue weighted by Crippen LogP contribution is -2.25. The second-order valence-corrected chi connectivity index (χ2v) is 6.42. The molecule has 0 aliphatic rings. The van der Waals surface area contributed by atoms with E-state index in [0.717, 1.165) is 33.6 Å². The van der Waals surface area contributed by atoms with Crippen LogP contribution in [0.15, 0.2) is 60.7 Å². The van der Waals surface area contributed by atoms with Crippen molar-refractivity contribution in [1.29, 1.82) is 0 Å². The Morgan fingerprint density at radius 1 is 0.889 bits per heavy atom. The number of hydrogen-bond acceptors (Lipinski definition) is 3. The summed E-state index contributed by atoms with van der Waals surface area (Å²) in [5, 5.41) is 5.20. The summed E-state index contributed by atoms with van der Waals surface area (Å²) >= 11 is 0. The van der Waals surface area contributed by atoms with E-state index in [0.29, 0.717) is 13.0 Å². The summed E-state index contributed by atoms with van der Waals surface area (Å²) in [6.07, 6.45) is 0.490. The van der Waals surface area contributed by atoms with Gasteiger partial charge in [-0.1, -0.05) is 25.1 Å².